The summed E-state index contributed by atoms with van der Waals surface area (Å²) in [5.74, 6) is -0.219. The van der Waals surface area contributed by atoms with Gasteiger partial charge in [0.2, 0.25) is 0 Å². The van der Waals surface area contributed by atoms with E-state index in [0.29, 0.717) is 30.6 Å². The molecule has 21 heavy (non-hydrogen) atoms. The zero-order valence-corrected chi connectivity index (χ0v) is 14.3. The Hall–Kier alpha value is -0.940. The molecule has 0 atom stereocenters. The second-order valence-corrected chi connectivity index (χ2v) is 7.21. The molecule has 112 valence electrons. The number of ketones is 3. The summed E-state index contributed by atoms with van der Waals surface area (Å²) in [6, 6.07) is 5.39. The van der Waals surface area contributed by atoms with Crippen LogP contribution < -0.4 is 0 Å². The molecule has 5 heteroatoms. The molecule has 1 aromatic carbocycles. The van der Waals surface area contributed by atoms with Crippen molar-refractivity contribution in [3.05, 3.63) is 33.8 Å². The molecule has 0 bridgehead atoms. The van der Waals surface area contributed by atoms with E-state index in [1.165, 1.54) is 0 Å². The van der Waals surface area contributed by atoms with E-state index >= 15 is 0 Å². The number of carbonyl (C=O) groups is 3. The van der Waals surface area contributed by atoms with E-state index in [0.717, 1.165) is 15.8 Å². The summed E-state index contributed by atoms with van der Waals surface area (Å²) >= 11 is 5.11. The summed E-state index contributed by atoms with van der Waals surface area (Å²) in [4.78, 5) is 36.6. The number of Topliss-reactive ketones (excluding diaryl/α,β-unsaturated/α-hetero) is 3. The van der Waals surface area contributed by atoms with Gasteiger partial charge in [-0.25, -0.2) is 0 Å². The molecule has 0 saturated heterocycles. The molecule has 0 unspecified atom stereocenters. The fourth-order valence-corrected chi connectivity index (χ4v) is 3.56. The van der Waals surface area contributed by atoms with Gasteiger partial charge in [0.05, 0.1) is 0 Å². The van der Waals surface area contributed by atoms with E-state index in [9.17, 15) is 14.4 Å². The smallest absolute Gasteiger partial charge is 0.181 e. The molecule has 0 radical (unpaired) electrons. The summed E-state index contributed by atoms with van der Waals surface area (Å²) in [6.45, 7) is 2.05. The van der Waals surface area contributed by atoms with Gasteiger partial charge in [-0.2, -0.15) is 11.8 Å². The number of rotatable bonds is 5. The lowest BCUT2D eigenvalue weighted by Crippen LogP contribution is -2.35. The molecule has 1 aromatic rings. The van der Waals surface area contributed by atoms with Crippen molar-refractivity contribution in [3.63, 3.8) is 0 Å². The van der Waals surface area contributed by atoms with E-state index in [4.69, 9.17) is 0 Å². The third-order valence-corrected chi connectivity index (χ3v) is 4.96. The molecule has 0 aliphatic heterocycles. The monoisotopic (exact) mass is 368 g/mol. The SMILES string of the molecule is CCSCc1cc(Br)ccc1C(=O)C1C(=O)CCCC1=O. The highest BCUT2D eigenvalue weighted by Crippen LogP contribution is 2.27. The van der Waals surface area contributed by atoms with Gasteiger partial charge in [0.1, 0.15) is 5.92 Å². The van der Waals surface area contributed by atoms with Crippen LogP contribution in [0, 0.1) is 5.92 Å². The molecular formula is C16H17BrO3S. The normalized spacial score (nSPS) is 16.3. The van der Waals surface area contributed by atoms with Crippen molar-refractivity contribution < 1.29 is 14.4 Å². The largest absolute Gasteiger partial charge is 0.298 e. The van der Waals surface area contributed by atoms with Crippen molar-refractivity contribution in [2.24, 2.45) is 5.92 Å². The fourth-order valence-electron chi connectivity index (χ4n) is 2.49. The van der Waals surface area contributed by atoms with Crippen molar-refractivity contribution >= 4 is 45.0 Å². The number of halogens is 1. The van der Waals surface area contributed by atoms with Crippen LogP contribution in [0.1, 0.15) is 42.1 Å². The molecule has 1 fully saturated rings. The van der Waals surface area contributed by atoms with Crippen LogP contribution in [0.4, 0.5) is 0 Å². The van der Waals surface area contributed by atoms with Crippen LogP contribution in [0.3, 0.4) is 0 Å². The van der Waals surface area contributed by atoms with Gasteiger partial charge in [0.25, 0.3) is 0 Å². The Balaban J connectivity index is 2.33. The maximum atomic E-state index is 12.6. The minimum atomic E-state index is -1.08. The number of benzene rings is 1. The van der Waals surface area contributed by atoms with Crippen molar-refractivity contribution in [2.75, 3.05) is 5.75 Å². The summed E-state index contributed by atoms with van der Waals surface area (Å²) in [5, 5.41) is 0. The quantitative estimate of drug-likeness (QED) is 0.585. The number of carbonyl (C=O) groups excluding carboxylic acids is 3. The molecule has 2 rings (SSSR count). The first-order chi connectivity index (χ1) is 10.0. The predicted octanol–water partition coefficient (Wildman–Crippen LogP) is 3.82. The van der Waals surface area contributed by atoms with Gasteiger partial charge in [0.15, 0.2) is 17.3 Å². The lowest BCUT2D eigenvalue weighted by atomic mass is 9.81. The molecule has 1 aliphatic rings. The average Bonchev–Trinajstić information content (AvgIpc) is 2.44. The van der Waals surface area contributed by atoms with Gasteiger partial charge in [-0.05, 0) is 35.9 Å². The van der Waals surface area contributed by atoms with Gasteiger partial charge < -0.3 is 0 Å². The Kier molecular flexibility index (Phi) is 5.76. The standard InChI is InChI=1S/C16H17BrO3S/c1-2-21-9-10-8-11(17)6-7-12(10)16(20)15-13(18)4-3-5-14(15)19/h6-8,15H,2-5,9H2,1H3. The number of hydrogen-bond donors (Lipinski definition) is 0. The van der Waals surface area contributed by atoms with E-state index in [1.807, 2.05) is 6.07 Å². The second-order valence-electron chi connectivity index (χ2n) is 5.02. The molecule has 0 amide bonds. The van der Waals surface area contributed by atoms with Crippen molar-refractivity contribution in [2.45, 2.75) is 31.9 Å². The van der Waals surface area contributed by atoms with Crippen LogP contribution in [-0.2, 0) is 15.3 Å². The zero-order valence-electron chi connectivity index (χ0n) is 11.9. The van der Waals surface area contributed by atoms with Gasteiger partial charge in [-0.1, -0.05) is 22.9 Å². The van der Waals surface area contributed by atoms with Crippen LogP contribution in [0.5, 0.6) is 0 Å². The first-order valence-electron chi connectivity index (χ1n) is 7.00. The lowest BCUT2D eigenvalue weighted by Gasteiger charge is -2.19. The third kappa shape index (κ3) is 3.83. The van der Waals surface area contributed by atoms with E-state index < -0.39 is 5.92 Å². The number of hydrogen-bond acceptors (Lipinski definition) is 4. The molecule has 0 heterocycles. The van der Waals surface area contributed by atoms with Gasteiger partial charge in [-0.15, -0.1) is 0 Å². The molecule has 3 nitrogen and oxygen atoms in total. The van der Waals surface area contributed by atoms with E-state index in [2.05, 4.69) is 22.9 Å². The maximum absolute atomic E-state index is 12.6. The summed E-state index contributed by atoms with van der Waals surface area (Å²) in [7, 11) is 0. The average molecular weight is 369 g/mol. The van der Waals surface area contributed by atoms with E-state index in [-0.39, 0.29) is 17.3 Å². The molecule has 1 saturated carbocycles. The summed E-state index contributed by atoms with van der Waals surface area (Å²) < 4.78 is 0.895. The van der Waals surface area contributed by atoms with Crippen molar-refractivity contribution in [1.82, 2.24) is 0 Å². The predicted molar refractivity (Wildman–Crippen MR) is 87.7 cm³/mol. The van der Waals surface area contributed by atoms with Crippen molar-refractivity contribution in [1.29, 1.82) is 0 Å². The first kappa shape index (κ1) is 16.4. The van der Waals surface area contributed by atoms with Crippen LogP contribution in [0.25, 0.3) is 0 Å². The van der Waals surface area contributed by atoms with E-state index in [1.54, 1.807) is 23.9 Å². The van der Waals surface area contributed by atoms with Crippen LogP contribution in [-0.4, -0.2) is 23.1 Å². The van der Waals surface area contributed by atoms with Crippen molar-refractivity contribution in [3.8, 4) is 0 Å². The molecular weight excluding hydrogens is 352 g/mol. The highest BCUT2D eigenvalue weighted by molar-refractivity contribution is 9.10. The van der Waals surface area contributed by atoms with Crippen LogP contribution >= 0.6 is 27.7 Å². The summed E-state index contributed by atoms with van der Waals surface area (Å²) in [6.07, 6.45) is 1.23. The fraction of sp³-hybridized carbons (Fsp3) is 0.438. The minimum Gasteiger partial charge on any atom is -0.298 e. The topological polar surface area (TPSA) is 51.2 Å². The Bertz CT molecular complexity index is 567. The maximum Gasteiger partial charge on any atom is 0.181 e. The highest BCUT2D eigenvalue weighted by Gasteiger charge is 2.37. The Morgan fingerprint density at radius 1 is 1.29 bits per heavy atom. The Morgan fingerprint density at radius 2 is 1.95 bits per heavy atom. The zero-order chi connectivity index (χ0) is 15.4. The molecule has 1 aliphatic carbocycles. The number of thioether (sulfide) groups is 1. The van der Waals surface area contributed by atoms with Gasteiger partial charge >= 0.3 is 0 Å². The lowest BCUT2D eigenvalue weighted by molar-refractivity contribution is -0.133. The van der Waals surface area contributed by atoms with Crippen LogP contribution in [0.2, 0.25) is 0 Å². The third-order valence-electron chi connectivity index (χ3n) is 3.55. The minimum absolute atomic E-state index is 0.228. The summed E-state index contributed by atoms with van der Waals surface area (Å²) in [5.41, 5.74) is 1.39. The van der Waals surface area contributed by atoms with Gasteiger partial charge in [0, 0.05) is 28.6 Å². The van der Waals surface area contributed by atoms with Crippen LogP contribution in [0.15, 0.2) is 22.7 Å². The Labute approximate surface area is 137 Å². The second kappa shape index (κ2) is 7.36. The van der Waals surface area contributed by atoms with Gasteiger partial charge in [-0.3, -0.25) is 14.4 Å². The first-order valence-corrected chi connectivity index (χ1v) is 8.95. The molecule has 0 aromatic heterocycles. The Morgan fingerprint density at radius 3 is 2.57 bits per heavy atom. The molecule has 0 N–H and O–H groups in total. The molecule has 0 spiro atoms. The highest BCUT2D eigenvalue weighted by atomic mass is 79.9.